The Labute approximate surface area is 167 Å². The van der Waals surface area contributed by atoms with Gasteiger partial charge in [0.05, 0.1) is 4.90 Å². The Kier molecular flexibility index (Phi) is 5.26. The number of urea groups is 1. The van der Waals surface area contributed by atoms with Crippen molar-refractivity contribution in [1.29, 1.82) is 0 Å². The first kappa shape index (κ1) is 19.8. The van der Waals surface area contributed by atoms with E-state index in [1.54, 1.807) is 0 Å². The van der Waals surface area contributed by atoms with Gasteiger partial charge in [-0.05, 0) is 85.0 Å². The molecule has 3 N–H and O–H groups in total. The monoisotopic (exact) mass is 421 g/mol. The van der Waals surface area contributed by atoms with Crippen LogP contribution in [0, 0.1) is 0 Å². The topological polar surface area (TPSA) is 93.8 Å². The number of aryl methyl sites for hydroxylation is 2. The van der Waals surface area contributed by atoms with Gasteiger partial charge in [-0.1, -0.05) is 6.07 Å². The van der Waals surface area contributed by atoms with Crippen LogP contribution in [0.1, 0.15) is 35.1 Å². The summed E-state index contributed by atoms with van der Waals surface area (Å²) < 4.78 is 45.2. The van der Waals surface area contributed by atoms with Gasteiger partial charge in [-0.15, -0.1) is 4.36 Å². The predicted molar refractivity (Wildman–Crippen MR) is 106 cm³/mol. The van der Waals surface area contributed by atoms with Gasteiger partial charge in [0, 0.05) is 5.69 Å². The van der Waals surface area contributed by atoms with Crippen molar-refractivity contribution in [2.24, 2.45) is 9.50 Å². The number of nitrogens with one attached hydrogen (secondary N) is 1. The molecule has 9 heteroatoms. The molecule has 0 aliphatic heterocycles. The zero-order chi connectivity index (χ0) is 20.6. The number of alkyl halides is 2. The molecule has 0 fully saturated rings. The van der Waals surface area contributed by atoms with Crippen molar-refractivity contribution in [3.05, 3.63) is 52.6 Å². The van der Waals surface area contributed by atoms with Crippen LogP contribution in [0.4, 0.5) is 19.3 Å². The second-order valence-corrected chi connectivity index (χ2v) is 8.97. The van der Waals surface area contributed by atoms with Crippen LogP contribution in [0.2, 0.25) is 0 Å². The molecule has 0 aromatic heterocycles. The van der Waals surface area contributed by atoms with E-state index in [0.29, 0.717) is 0 Å². The lowest BCUT2D eigenvalue weighted by atomic mass is 9.99. The standard InChI is InChI=1S/C20H21F2N3O3S/c21-19(22)28-14-7-9-15(10-8-14)29(23,27)25-20(26)24-18-16-5-1-3-12(16)11-13-4-2-6-17(13)18/h7-11,19H,1-6H2,(H3,23,24,25,26,27). The number of hydrogen-bond acceptors (Lipinski definition) is 3. The molecule has 1 atom stereocenters. The number of amides is 2. The van der Waals surface area contributed by atoms with Gasteiger partial charge in [-0.3, -0.25) is 0 Å². The fourth-order valence-corrected chi connectivity index (χ4v) is 5.01. The summed E-state index contributed by atoms with van der Waals surface area (Å²) in [4.78, 5) is 12.6. The van der Waals surface area contributed by atoms with E-state index in [4.69, 9.17) is 5.14 Å². The van der Waals surface area contributed by atoms with E-state index in [0.717, 1.165) is 55.3 Å². The molecule has 2 aliphatic carbocycles. The number of ether oxygens (including phenoxy) is 1. The Morgan fingerprint density at radius 1 is 1.07 bits per heavy atom. The number of carbonyl (C=O) groups excluding carboxylic acids is 1. The Balaban J connectivity index is 1.59. The van der Waals surface area contributed by atoms with Crippen LogP contribution in [0.5, 0.6) is 5.75 Å². The lowest BCUT2D eigenvalue weighted by Crippen LogP contribution is -2.19. The van der Waals surface area contributed by atoms with E-state index in [2.05, 4.69) is 20.5 Å². The van der Waals surface area contributed by atoms with Crippen molar-refractivity contribution in [3.63, 3.8) is 0 Å². The molecule has 0 spiro atoms. The van der Waals surface area contributed by atoms with Gasteiger partial charge in [0.25, 0.3) is 0 Å². The fraction of sp³-hybridized carbons (Fsp3) is 0.350. The quantitative estimate of drug-likeness (QED) is 0.775. The maximum absolute atomic E-state index is 12.8. The number of halogens is 2. The highest BCUT2D eigenvalue weighted by Gasteiger charge is 2.25. The molecule has 2 aromatic carbocycles. The summed E-state index contributed by atoms with van der Waals surface area (Å²) in [6, 6.07) is 6.40. The van der Waals surface area contributed by atoms with Crippen LogP contribution in [0.25, 0.3) is 0 Å². The average molecular weight is 421 g/mol. The molecule has 2 aromatic rings. The predicted octanol–water partition coefficient (Wildman–Crippen LogP) is 4.20. The number of anilines is 1. The first-order valence-corrected chi connectivity index (χ1v) is 11.0. The summed E-state index contributed by atoms with van der Waals surface area (Å²) in [6.45, 7) is -2.96. The number of nitrogens with zero attached hydrogens (tertiary/aromatic N) is 1. The van der Waals surface area contributed by atoms with Crippen LogP contribution >= 0.6 is 0 Å². The highest BCUT2D eigenvalue weighted by atomic mass is 32.2. The van der Waals surface area contributed by atoms with Crippen LogP contribution in [-0.2, 0) is 35.6 Å². The average Bonchev–Trinajstić information content (AvgIpc) is 3.30. The third-order valence-corrected chi connectivity index (χ3v) is 6.69. The number of carbonyl (C=O) groups is 1. The maximum Gasteiger partial charge on any atom is 0.387 e. The van der Waals surface area contributed by atoms with E-state index in [1.165, 1.54) is 35.4 Å². The molecule has 0 saturated heterocycles. The second kappa shape index (κ2) is 7.72. The third-order valence-electron chi connectivity index (χ3n) is 5.31. The van der Waals surface area contributed by atoms with Crippen LogP contribution < -0.4 is 15.2 Å². The summed E-state index contributed by atoms with van der Waals surface area (Å²) in [7, 11) is -3.53. The minimum Gasteiger partial charge on any atom is -0.435 e. The number of rotatable bonds is 4. The van der Waals surface area contributed by atoms with Gasteiger partial charge in [-0.25, -0.2) is 14.1 Å². The number of nitrogens with two attached hydrogens (primary N) is 1. The number of fused-ring (bicyclic) bond motifs is 2. The van der Waals surface area contributed by atoms with Gasteiger partial charge in [0.15, 0.2) is 0 Å². The molecular weight excluding hydrogens is 400 g/mol. The first-order valence-electron chi connectivity index (χ1n) is 9.41. The fourth-order valence-electron chi connectivity index (χ4n) is 4.09. The lowest BCUT2D eigenvalue weighted by Gasteiger charge is -2.15. The largest absolute Gasteiger partial charge is 0.435 e. The molecule has 0 radical (unpaired) electrons. The van der Waals surface area contributed by atoms with Crippen molar-refractivity contribution >= 4 is 21.6 Å². The summed E-state index contributed by atoms with van der Waals surface area (Å²) in [5.74, 6) is -0.0983. The summed E-state index contributed by atoms with van der Waals surface area (Å²) in [5, 5.41) is 8.60. The normalized spacial score (nSPS) is 16.8. The van der Waals surface area contributed by atoms with Crippen molar-refractivity contribution in [3.8, 4) is 5.75 Å². The smallest absolute Gasteiger partial charge is 0.387 e. The third kappa shape index (κ3) is 4.11. The van der Waals surface area contributed by atoms with Gasteiger partial charge in [0.2, 0.25) is 0 Å². The van der Waals surface area contributed by atoms with Gasteiger partial charge in [-0.2, -0.15) is 8.78 Å². The lowest BCUT2D eigenvalue weighted by molar-refractivity contribution is -0.0498. The van der Waals surface area contributed by atoms with Crippen LogP contribution in [0.15, 0.2) is 39.6 Å². The Morgan fingerprint density at radius 3 is 2.21 bits per heavy atom. The van der Waals surface area contributed by atoms with Crippen molar-refractivity contribution in [2.45, 2.75) is 50.0 Å². The summed E-state index contributed by atoms with van der Waals surface area (Å²) in [6.07, 6.45) is 5.84. The van der Waals surface area contributed by atoms with Crippen LogP contribution in [-0.4, -0.2) is 16.9 Å². The number of benzene rings is 2. The highest BCUT2D eigenvalue weighted by molar-refractivity contribution is 7.91. The molecule has 0 saturated carbocycles. The van der Waals surface area contributed by atoms with Crippen molar-refractivity contribution in [1.82, 2.24) is 0 Å². The summed E-state index contributed by atoms with van der Waals surface area (Å²) >= 11 is 0. The molecule has 2 amide bonds. The van der Waals surface area contributed by atoms with Crippen LogP contribution in [0.3, 0.4) is 0 Å². The molecule has 0 bridgehead atoms. The van der Waals surface area contributed by atoms with E-state index < -0.39 is 22.6 Å². The maximum atomic E-state index is 12.8. The molecule has 4 rings (SSSR count). The van der Waals surface area contributed by atoms with Gasteiger partial charge >= 0.3 is 12.6 Å². The molecule has 29 heavy (non-hydrogen) atoms. The minimum absolute atomic E-state index is 0.0535. The zero-order valence-corrected chi connectivity index (χ0v) is 16.4. The van der Waals surface area contributed by atoms with E-state index >= 15 is 0 Å². The second-order valence-electron chi connectivity index (χ2n) is 7.17. The van der Waals surface area contributed by atoms with E-state index in [1.807, 2.05) is 0 Å². The van der Waals surface area contributed by atoms with Gasteiger partial charge in [0.1, 0.15) is 15.7 Å². The van der Waals surface area contributed by atoms with E-state index in [9.17, 15) is 17.8 Å². The molecule has 0 heterocycles. The molecule has 6 nitrogen and oxygen atoms in total. The number of hydrogen-bond donors (Lipinski definition) is 2. The van der Waals surface area contributed by atoms with Gasteiger partial charge < -0.3 is 10.1 Å². The van der Waals surface area contributed by atoms with E-state index in [-0.39, 0.29) is 10.6 Å². The minimum atomic E-state index is -3.53. The SMILES string of the molecule is NS(=O)(=NC(=O)Nc1c2c(cc3c1CCC3)CCC2)c1ccc(OC(F)F)cc1. The molecule has 154 valence electrons. The van der Waals surface area contributed by atoms with Crippen molar-refractivity contribution in [2.75, 3.05) is 5.32 Å². The Hall–Kier alpha value is -2.52. The first-order chi connectivity index (χ1) is 13.8. The Morgan fingerprint density at radius 2 is 1.66 bits per heavy atom. The highest BCUT2D eigenvalue weighted by Crippen LogP contribution is 2.38. The molecule has 1 unspecified atom stereocenters. The Bertz CT molecular complexity index is 1050. The van der Waals surface area contributed by atoms with Crippen molar-refractivity contribution < 1.29 is 22.5 Å². The molecular formula is C20H21F2N3O3S. The summed E-state index contributed by atoms with van der Waals surface area (Å²) in [5.41, 5.74) is 5.56. The molecule has 2 aliphatic rings. The zero-order valence-electron chi connectivity index (χ0n) is 15.6.